The van der Waals surface area contributed by atoms with Crippen molar-refractivity contribution in [3.05, 3.63) is 24.0 Å². The number of anilines is 1. The molecule has 0 aliphatic rings. The Morgan fingerprint density at radius 3 is 2.57 bits per heavy atom. The second kappa shape index (κ2) is 7.37. The van der Waals surface area contributed by atoms with Crippen molar-refractivity contribution in [2.24, 2.45) is 0 Å². The van der Waals surface area contributed by atoms with Gasteiger partial charge in [0, 0.05) is 0 Å². The van der Waals surface area contributed by atoms with E-state index in [1.54, 1.807) is 0 Å². The predicted octanol–water partition coefficient (Wildman–Crippen LogP) is 1.79. The van der Waals surface area contributed by atoms with Gasteiger partial charge in [-0.3, -0.25) is 0 Å². The summed E-state index contributed by atoms with van der Waals surface area (Å²) in [7, 11) is -2.50. The summed E-state index contributed by atoms with van der Waals surface area (Å²) < 4.78 is 39.1. The van der Waals surface area contributed by atoms with E-state index in [1.807, 2.05) is 6.92 Å². The maximum atomic E-state index is 13.9. The standard InChI is InChI=1S/C13H19FN2O4S/c1-3-4-5-12(13(17)18)16-11-7-6-9(8-10(11)14)21(19,20)15-2/h6-8,12,15-16H,3-5H2,1-2H3,(H,17,18). The van der Waals surface area contributed by atoms with Crippen LogP contribution < -0.4 is 10.0 Å². The zero-order valence-electron chi connectivity index (χ0n) is 11.9. The lowest BCUT2D eigenvalue weighted by atomic mass is 10.1. The number of benzene rings is 1. The van der Waals surface area contributed by atoms with Gasteiger partial charge in [-0.25, -0.2) is 22.3 Å². The van der Waals surface area contributed by atoms with E-state index in [1.165, 1.54) is 19.2 Å². The molecule has 0 aromatic heterocycles. The molecule has 0 spiro atoms. The molecule has 0 amide bonds. The molecule has 0 saturated carbocycles. The van der Waals surface area contributed by atoms with Crippen LogP contribution in [-0.2, 0) is 14.8 Å². The molecule has 8 heteroatoms. The zero-order valence-corrected chi connectivity index (χ0v) is 12.7. The van der Waals surface area contributed by atoms with Gasteiger partial charge in [0.05, 0.1) is 10.6 Å². The Balaban J connectivity index is 2.97. The lowest BCUT2D eigenvalue weighted by Gasteiger charge is -2.16. The van der Waals surface area contributed by atoms with Crippen LogP contribution in [0.1, 0.15) is 26.2 Å². The Morgan fingerprint density at radius 2 is 2.10 bits per heavy atom. The molecule has 0 fully saturated rings. The van der Waals surface area contributed by atoms with Gasteiger partial charge in [-0.15, -0.1) is 0 Å². The van der Waals surface area contributed by atoms with E-state index in [0.717, 1.165) is 12.5 Å². The molecule has 1 unspecified atom stereocenters. The van der Waals surface area contributed by atoms with E-state index >= 15 is 0 Å². The fourth-order valence-corrected chi connectivity index (χ4v) is 2.49. The topological polar surface area (TPSA) is 95.5 Å². The third kappa shape index (κ3) is 4.68. The summed E-state index contributed by atoms with van der Waals surface area (Å²) in [5, 5.41) is 11.7. The number of hydrogen-bond acceptors (Lipinski definition) is 4. The first kappa shape index (κ1) is 17.4. The van der Waals surface area contributed by atoms with Crippen LogP contribution in [0.5, 0.6) is 0 Å². The molecule has 0 radical (unpaired) electrons. The smallest absolute Gasteiger partial charge is 0.326 e. The summed E-state index contributed by atoms with van der Waals surface area (Å²) in [5.41, 5.74) is -0.0337. The molecule has 1 atom stereocenters. The van der Waals surface area contributed by atoms with Crippen LogP contribution in [0.25, 0.3) is 0 Å². The molecule has 0 heterocycles. The molecule has 3 N–H and O–H groups in total. The van der Waals surface area contributed by atoms with Crippen LogP contribution in [0.15, 0.2) is 23.1 Å². The Morgan fingerprint density at radius 1 is 1.43 bits per heavy atom. The molecule has 0 bridgehead atoms. The number of carbonyl (C=O) groups is 1. The molecule has 21 heavy (non-hydrogen) atoms. The van der Waals surface area contributed by atoms with E-state index in [0.29, 0.717) is 12.8 Å². The lowest BCUT2D eigenvalue weighted by molar-refractivity contribution is -0.138. The SMILES string of the molecule is CCCCC(Nc1ccc(S(=O)(=O)NC)cc1F)C(=O)O. The first-order chi connectivity index (χ1) is 9.81. The van der Waals surface area contributed by atoms with Gasteiger partial charge in [0.2, 0.25) is 10.0 Å². The number of nitrogens with one attached hydrogen (secondary N) is 2. The van der Waals surface area contributed by atoms with E-state index in [-0.39, 0.29) is 10.6 Å². The summed E-state index contributed by atoms with van der Waals surface area (Å²) in [6.07, 6.45) is 1.88. The minimum absolute atomic E-state index is 0.0337. The van der Waals surface area contributed by atoms with Gasteiger partial charge in [-0.05, 0) is 31.7 Å². The molecule has 1 aromatic carbocycles. The zero-order chi connectivity index (χ0) is 16.0. The quantitative estimate of drug-likeness (QED) is 0.679. The van der Waals surface area contributed by atoms with Gasteiger partial charge < -0.3 is 10.4 Å². The maximum Gasteiger partial charge on any atom is 0.326 e. The highest BCUT2D eigenvalue weighted by atomic mass is 32.2. The molecular weight excluding hydrogens is 299 g/mol. The summed E-state index contributed by atoms with van der Waals surface area (Å²) >= 11 is 0. The molecular formula is C13H19FN2O4S. The molecule has 1 aromatic rings. The molecule has 0 saturated heterocycles. The fourth-order valence-electron chi connectivity index (χ4n) is 1.75. The molecule has 0 aliphatic heterocycles. The average molecular weight is 318 g/mol. The van der Waals surface area contributed by atoms with Gasteiger partial charge in [-0.2, -0.15) is 0 Å². The Bertz CT molecular complexity index is 604. The first-order valence-corrected chi connectivity index (χ1v) is 8.02. The van der Waals surface area contributed by atoms with Gasteiger partial charge in [0.25, 0.3) is 0 Å². The average Bonchev–Trinajstić information content (AvgIpc) is 2.44. The number of hydrogen-bond donors (Lipinski definition) is 3. The van der Waals surface area contributed by atoms with E-state index < -0.39 is 27.9 Å². The van der Waals surface area contributed by atoms with Crippen molar-refractivity contribution in [1.82, 2.24) is 4.72 Å². The number of rotatable bonds is 8. The Hall–Kier alpha value is -1.67. The van der Waals surface area contributed by atoms with Gasteiger partial charge >= 0.3 is 5.97 Å². The molecule has 6 nitrogen and oxygen atoms in total. The van der Waals surface area contributed by atoms with Crippen molar-refractivity contribution in [1.29, 1.82) is 0 Å². The van der Waals surface area contributed by atoms with Crippen LogP contribution in [-0.4, -0.2) is 32.6 Å². The van der Waals surface area contributed by atoms with Crippen molar-refractivity contribution < 1.29 is 22.7 Å². The maximum absolute atomic E-state index is 13.9. The summed E-state index contributed by atoms with van der Waals surface area (Å²) in [5.74, 6) is -1.89. The van der Waals surface area contributed by atoms with Crippen molar-refractivity contribution in [2.75, 3.05) is 12.4 Å². The van der Waals surface area contributed by atoms with E-state index in [4.69, 9.17) is 5.11 Å². The summed E-state index contributed by atoms with van der Waals surface area (Å²) in [6, 6.07) is 2.39. The minimum Gasteiger partial charge on any atom is -0.480 e. The lowest BCUT2D eigenvalue weighted by Crippen LogP contribution is -2.29. The highest BCUT2D eigenvalue weighted by Gasteiger charge is 2.19. The fraction of sp³-hybridized carbons (Fsp3) is 0.462. The molecule has 1 rings (SSSR count). The Kier molecular flexibility index (Phi) is 6.10. The number of aliphatic carboxylic acids is 1. The second-order valence-corrected chi connectivity index (χ2v) is 6.41. The number of halogens is 1. The van der Waals surface area contributed by atoms with Crippen LogP contribution in [0.2, 0.25) is 0 Å². The number of unbranched alkanes of at least 4 members (excludes halogenated alkanes) is 1. The van der Waals surface area contributed by atoms with Crippen LogP contribution >= 0.6 is 0 Å². The highest BCUT2D eigenvalue weighted by Crippen LogP contribution is 2.20. The van der Waals surface area contributed by atoms with Crippen molar-refractivity contribution >= 4 is 21.7 Å². The predicted molar refractivity (Wildman–Crippen MR) is 77.2 cm³/mol. The van der Waals surface area contributed by atoms with Crippen LogP contribution in [0.3, 0.4) is 0 Å². The molecule has 0 aliphatic carbocycles. The van der Waals surface area contributed by atoms with Crippen molar-refractivity contribution in [3.8, 4) is 0 Å². The van der Waals surface area contributed by atoms with E-state index in [9.17, 15) is 17.6 Å². The van der Waals surface area contributed by atoms with E-state index in [2.05, 4.69) is 10.0 Å². The number of sulfonamides is 1. The second-order valence-electron chi connectivity index (χ2n) is 4.53. The minimum atomic E-state index is -3.73. The normalized spacial score (nSPS) is 12.9. The van der Waals surface area contributed by atoms with Crippen LogP contribution in [0, 0.1) is 5.82 Å². The monoisotopic (exact) mass is 318 g/mol. The van der Waals surface area contributed by atoms with Crippen molar-refractivity contribution in [2.45, 2.75) is 37.1 Å². The third-order valence-electron chi connectivity index (χ3n) is 2.99. The number of carboxylic acids is 1. The molecule has 118 valence electrons. The van der Waals surface area contributed by atoms with Gasteiger partial charge in [-0.1, -0.05) is 19.8 Å². The van der Waals surface area contributed by atoms with Crippen LogP contribution in [0.4, 0.5) is 10.1 Å². The summed E-state index contributed by atoms with van der Waals surface area (Å²) in [6.45, 7) is 1.93. The van der Waals surface area contributed by atoms with Gasteiger partial charge in [0.1, 0.15) is 11.9 Å². The third-order valence-corrected chi connectivity index (χ3v) is 4.41. The Labute approximate surface area is 123 Å². The first-order valence-electron chi connectivity index (χ1n) is 6.54. The largest absolute Gasteiger partial charge is 0.480 e. The van der Waals surface area contributed by atoms with Gasteiger partial charge in [0.15, 0.2) is 0 Å². The van der Waals surface area contributed by atoms with Crippen molar-refractivity contribution in [3.63, 3.8) is 0 Å². The number of carboxylic acid groups (broad SMARTS) is 1. The summed E-state index contributed by atoms with van der Waals surface area (Å²) in [4.78, 5) is 10.9. The highest BCUT2D eigenvalue weighted by molar-refractivity contribution is 7.89.